The summed E-state index contributed by atoms with van der Waals surface area (Å²) in [6.07, 6.45) is 5.77. The Hall–Kier alpha value is -3.10. The van der Waals surface area contributed by atoms with Crippen molar-refractivity contribution in [1.82, 2.24) is 9.80 Å². The normalized spacial score (nSPS) is 28.5. The summed E-state index contributed by atoms with van der Waals surface area (Å²) in [6.45, 7) is 17.1. The number of carbonyl (C=O) groups is 3. The quantitative estimate of drug-likeness (QED) is 0.299. The van der Waals surface area contributed by atoms with Crippen LogP contribution < -0.4 is 4.90 Å². The summed E-state index contributed by atoms with van der Waals surface area (Å²) < 4.78 is -0.775. The molecule has 1 spiro atoms. The van der Waals surface area contributed by atoms with Gasteiger partial charge in [0.1, 0.15) is 6.04 Å². The number of thioether (sulfide) groups is 1. The third kappa shape index (κ3) is 5.08. The van der Waals surface area contributed by atoms with E-state index in [1.165, 1.54) is 0 Å². The molecule has 0 aromatic heterocycles. The van der Waals surface area contributed by atoms with Crippen LogP contribution in [0.1, 0.15) is 47.0 Å². The zero-order valence-electron chi connectivity index (χ0n) is 26.5. The molecule has 3 aliphatic rings. The minimum atomic E-state index is -0.820. The predicted molar refractivity (Wildman–Crippen MR) is 179 cm³/mol. The van der Waals surface area contributed by atoms with E-state index in [1.807, 2.05) is 68.1 Å². The highest BCUT2D eigenvalue weighted by Crippen LogP contribution is 2.69. The number of aliphatic hydroxyl groups is 1. The molecule has 3 fully saturated rings. The Labute approximate surface area is 266 Å². The Morgan fingerprint density at radius 3 is 2.45 bits per heavy atom. The number of nitrogens with zero attached hydrogens (tertiary/aromatic N) is 3. The Balaban J connectivity index is 1.65. The molecule has 236 valence electrons. The van der Waals surface area contributed by atoms with Gasteiger partial charge in [0.15, 0.2) is 0 Å². The van der Waals surface area contributed by atoms with Gasteiger partial charge in [-0.1, -0.05) is 76.6 Å². The number of anilines is 1. The molecule has 3 saturated heterocycles. The van der Waals surface area contributed by atoms with Crippen molar-refractivity contribution in [2.75, 3.05) is 31.1 Å². The molecule has 2 aromatic rings. The van der Waals surface area contributed by atoms with E-state index in [2.05, 4.69) is 20.1 Å². The summed E-state index contributed by atoms with van der Waals surface area (Å²) in [7, 11) is 0. The highest BCUT2D eigenvalue weighted by Gasteiger charge is 2.77. The SMILES string of the molecule is C=CCN(CCC)C(=O)[C@@H]1[C@@H]2CC(C)C3(S2)C(C(=O)N(CC=C)c2ccc4ccccc4c2)N([C@@H](CO)[C@@H](C)CC)C(=O)[C@H]13. The molecule has 8 heteroatoms. The molecule has 3 heterocycles. The van der Waals surface area contributed by atoms with Crippen molar-refractivity contribution in [2.24, 2.45) is 23.7 Å². The van der Waals surface area contributed by atoms with Crippen molar-refractivity contribution in [3.63, 3.8) is 0 Å². The first-order chi connectivity index (χ1) is 21.2. The van der Waals surface area contributed by atoms with Gasteiger partial charge in [-0.05, 0) is 47.6 Å². The van der Waals surface area contributed by atoms with Crippen LogP contribution in [0.4, 0.5) is 5.69 Å². The number of fused-ring (bicyclic) bond motifs is 2. The Morgan fingerprint density at radius 2 is 1.82 bits per heavy atom. The number of hydrogen-bond donors (Lipinski definition) is 1. The smallest absolute Gasteiger partial charge is 0.251 e. The van der Waals surface area contributed by atoms with Gasteiger partial charge in [-0.25, -0.2) is 0 Å². The van der Waals surface area contributed by atoms with Gasteiger partial charge < -0.3 is 19.8 Å². The minimum Gasteiger partial charge on any atom is -0.394 e. The molecule has 5 rings (SSSR count). The maximum atomic E-state index is 15.1. The van der Waals surface area contributed by atoms with Gasteiger partial charge in [0.2, 0.25) is 11.8 Å². The fourth-order valence-electron chi connectivity index (χ4n) is 8.06. The highest BCUT2D eigenvalue weighted by molar-refractivity contribution is 8.02. The van der Waals surface area contributed by atoms with Gasteiger partial charge in [-0.2, -0.15) is 0 Å². The van der Waals surface area contributed by atoms with E-state index in [9.17, 15) is 14.7 Å². The maximum Gasteiger partial charge on any atom is 0.251 e. The second-order valence-electron chi connectivity index (χ2n) is 12.8. The molecule has 0 saturated carbocycles. The lowest BCUT2D eigenvalue weighted by atomic mass is 9.65. The molecule has 3 unspecified atom stereocenters. The molecular weight excluding hydrogens is 570 g/mol. The maximum absolute atomic E-state index is 15.1. The third-order valence-electron chi connectivity index (χ3n) is 10.3. The Bertz CT molecular complexity index is 1430. The van der Waals surface area contributed by atoms with E-state index in [4.69, 9.17) is 0 Å². The summed E-state index contributed by atoms with van der Waals surface area (Å²) in [5, 5.41) is 12.8. The average Bonchev–Trinajstić information content (AvgIpc) is 3.62. The molecule has 3 amide bonds. The van der Waals surface area contributed by atoms with Gasteiger partial charge in [0.25, 0.3) is 5.91 Å². The second-order valence-corrected chi connectivity index (χ2v) is 14.3. The fraction of sp³-hybridized carbons (Fsp3) is 0.528. The first kappa shape index (κ1) is 32.3. The monoisotopic (exact) mass is 617 g/mol. The number of carbonyl (C=O) groups excluding carboxylic acids is 3. The number of amides is 3. The van der Waals surface area contributed by atoms with E-state index in [1.54, 1.807) is 33.7 Å². The molecular formula is C36H47N3O4S. The van der Waals surface area contributed by atoms with Crippen LogP contribution in [0.15, 0.2) is 67.8 Å². The van der Waals surface area contributed by atoms with Crippen molar-refractivity contribution in [3.8, 4) is 0 Å². The largest absolute Gasteiger partial charge is 0.394 e. The van der Waals surface area contributed by atoms with Gasteiger partial charge in [0.05, 0.1) is 29.2 Å². The zero-order valence-corrected chi connectivity index (χ0v) is 27.3. The summed E-state index contributed by atoms with van der Waals surface area (Å²) in [5.41, 5.74) is 0.739. The van der Waals surface area contributed by atoms with Crippen LogP contribution in [0.2, 0.25) is 0 Å². The van der Waals surface area contributed by atoms with E-state index >= 15 is 4.79 Å². The lowest BCUT2D eigenvalue weighted by molar-refractivity contribution is -0.146. The molecule has 1 N–H and O–H groups in total. The van der Waals surface area contributed by atoms with Crippen LogP contribution in [-0.4, -0.2) is 80.9 Å². The summed E-state index contributed by atoms with van der Waals surface area (Å²) in [6, 6.07) is 12.7. The van der Waals surface area contributed by atoms with Crippen LogP contribution in [0.5, 0.6) is 0 Å². The van der Waals surface area contributed by atoms with Crippen molar-refractivity contribution < 1.29 is 19.5 Å². The highest BCUT2D eigenvalue weighted by atomic mass is 32.2. The number of hydrogen-bond acceptors (Lipinski definition) is 5. The number of rotatable bonds is 13. The topological polar surface area (TPSA) is 81.2 Å². The van der Waals surface area contributed by atoms with E-state index < -0.39 is 28.7 Å². The lowest BCUT2D eigenvalue weighted by Crippen LogP contribution is -2.60. The number of aliphatic hydroxyl groups excluding tert-OH is 1. The average molecular weight is 618 g/mol. The van der Waals surface area contributed by atoms with Crippen molar-refractivity contribution >= 4 is 45.9 Å². The van der Waals surface area contributed by atoms with Crippen molar-refractivity contribution in [3.05, 3.63) is 67.8 Å². The first-order valence-electron chi connectivity index (χ1n) is 16.1. The molecule has 7 nitrogen and oxygen atoms in total. The van der Waals surface area contributed by atoms with E-state index in [-0.39, 0.29) is 48.0 Å². The van der Waals surface area contributed by atoms with Gasteiger partial charge in [0, 0.05) is 30.6 Å². The fourth-order valence-corrected chi connectivity index (χ4v) is 10.5. The zero-order chi connectivity index (χ0) is 31.8. The standard InChI is InChI=1S/C36H47N3O4S/c1-7-17-37(18-8-2)33(41)30-29-20-24(6)36(44-29)31(30)34(42)39(28(22-40)23(5)10-4)32(36)35(43)38(19-9-3)27-16-15-25-13-11-12-14-26(25)21-27/h7,9,11-16,21,23-24,28-32,40H,1,3,8,10,17-20,22H2,2,4-6H3/t23-,24?,28-,29-,30+,31-,32?,36?/m0/s1. The second kappa shape index (κ2) is 13.1. The van der Waals surface area contributed by atoms with Gasteiger partial charge in [-0.15, -0.1) is 24.9 Å². The molecule has 2 bridgehead atoms. The lowest BCUT2D eigenvalue weighted by Gasteiger charge is -2.43. The van der Waals surface area contributed by atoms with Crippen LogP contribution in [0.3, 0.4) is 0 Å². The molecule has 0 aliphatic carbocycles. The predicted octanol–water partition coefficient (Wildman–Crippen LogP) is 5.53. The summed E-state index contributed by atoms with van der Waals surface area (Å²) >= 11 is 1.68. The van der Waals surface area contributed by atoms with Gasteiger partial charge in [-0.3, -0.25) is 14.4 Å². The summed E-state index contributed by atoms with van der Waals surface area (Å²) in [5.74, 6) is -1.52. The van der Waals surface area contributed by atoms with Crippen molar-refractivity contribution in [2.45, 2.75) is 69.0 Å². The molecule has 44 heavy (non-hydrogen) atoms. The third-order valence-corrected chi connectivity index (χ3v) is 12.4. The number of benzene rings is 2. The van der Waals surface area contributed by atoms with E-state index in [0.717, 1.165) is 35.7 Å². The number of likely N-dealkylation sites (tertiary alicyclic amines) is 1. The van der Waals surface area contributed by atoms with Crippen LogP contribution in [0.25, 0.3) is 10.8 Å². The molecule has 8 atom stereocenters. The van der Waals surface area contributed by atoms with E-state index in [0.29, 0.717) is 13.1 Å². The van der Waals surface area contributed by atoms with Crippen LogP contribution in [-0.2, 0) is 14.4 Å². The van der Waals surface area contributed by atoms with Crippen LogP contribution in [0, 0.1) is 23.7 Å². The molecule has 0 radical (unpaired) electrons. The Morgan fingerprint density at radius 1 is 1.11 bits per heavy atom. The first-order valence-corrected chi connectivity index (χ1v) is 17.0. The minimum absolute atomic E-state index is 0.0222. The summed E-state index contributed by atoms with van der Waals surface area (Å²) in [4.78, 5) is 49.5. The molecule has 3 aliphatic heterocycles. The Kier molecular flexibility index (Phi) is 9.61. The van der Waals surface area contributed by atoms with Crippen LogP contribution >= 0.6 is 11.8 Å². The molecule has 2 aromatic carbocycles. The van der Waals surface area contributed by atoms with Crippen molar-refractivity contribution in [1.29, 1.82) is 0 Å². The van der Waals surface area contributed by atoms with Gasteiger partial charge >= 0.3 is 0 Å².